The lowest BCUT2D eigenvalue weighted by Gasteiger charge is -2.24. The molecule has 4 rings (SSSR count). The summed E-state index contributed by atoms with van der Waals surface area (Å²) >= 11 is 7.55. The van der Waals surface area contributed by atoms with Crippen LogP contribution in [0.2, 0.25) is 5.02 Å². The molecule has 6 nitrogen and oxygen atoms in total. The molecule has 1 fully saturated rings. The van der Waals surface area contributed by atoms with Crippen LogP contribution in [0.1, 0.15) is 34.9 Å². The van der Waals surface area contributed by atoms with Crippen LogP contribution in [-0.2, 0) is 16.0 Å². The highest BCUT2D eigenvalue weighted by Crippen LogP contribution is 2.32. The summed E-state index contributed by atoms with van der Waals surface area (Å²) in [5.41, 5.74) is 1.99. The lowest BCUT2D eigenvalue weighted by molar-refractivity contribution is -0.143. The number of carbonyl (C=O) groups excluding carboxylic acids is 2. The maximum atomic E-state index is 12.7. The van der Waals surface area contributed by atoms with Gasteiger partial charge in [0.2, 0.25) is 0 Å². The van der Waals surface area contributed by atoms with Crippen LogP contribution in [0.4, 0.5) is 5.13 Å². The fourth-order valence-electron chi connectivity index (χ4n) is 3.50. The molecular weight excluding hydrogens is 408 g/mol. The van der Waals surface area contributed by atoms with Gasteiger partial charge in [-0.3, -0.25) is 19.9 Å². The highest BCUT2D eigenvalue weighted by atomic mass is 35.5. The van der Waals surface area contributed by atoms with E-state index >= 15 is 0 Å². The number of aromatic nitrogens is 2. The number of likely N-dealkylation sites (tertiary alicyclic amines) is 1. The molecule has 0 radical (unpaired) electrons. The number of hydrogen-bond donors (Lipinski definition) is 1. The fraction of sp³-hybridized carbons (Fsp3) is 0.238. The van der Waals surface area contributed by atoms with Crippen molar-refractivity contribution in [1.29, 1.82) is 0 Å². The Balaban J connectivity index is 1.41. The molecule has 1 saturated heterocycles. The quantitative estimate of drug-likeness (QED) is 0.637. The minimum absolute atomic E-state index is 0.0941. The first kappa shape index (κ1) is 19.5. The van der Waals surface area contributed by atoms with Crippen molar-refractivity contribution >= 4 is 39.9 Å². The molecule has 8 heteroatoms. The van der Waals surface area contributed by atoms with E-state index in [0.717, 1.165) is 28.8 Å². The van der Waals surface area contributed by atoms with Crippen LogP contribution in [0.25, 0.3) is 0 Å². The zero-order valence-electron chi connectivity index (χ0n) is 15.5. The van der Waals surface area contributed by atoms with Crippen molar-refractivity contribution < 1.29 is 9.59 Å². The van der Waals surface area contributed by atoms with Crippen LogP contribution in [-0.4, -0.2) is 33.2 Å². The predicted octanol–water partition coefficient (Wildman–Crippen LogP) is 4.08. The number of amides is 2. The minimum atomic E-state index is -0.662. The first-order valence-electron chi connectivity index (χ1n) is 9.32. The molecular formula is C21H19ClN4O2S. The van der Waals surface area contributed by atoms with Gasteiger partial charge < -0.3 is 4.90 Å². The summed E-state index contributed by atoms with van der Waals surface area (Å²) in [6, 6.07) is 11.3. The Bertz CT molecular complexity index is 1020. The summed E-state index contributed by atoms with van der Waals surface area (Å²) < 4.78 is 0. The second kappa shape index (κ2) is 8.71. The first-order chi connectivity index (χ1) is 14.1. The molecule has 0 unspecified atom stereocenters. The molecule has 0 saturated carbocycles. The lowest BCUT2D eigenvalue weighted by Crippen LogP contribution is -2.39. The van der Waals surface area contributed by atoms with E-state index in [1.807, 2.05) is 36.4 Å². The average molecular weight is 427 g/mol. The smallest absolute Gasteiger partial charge is 0.315 e. The van der Waals surface area contributed by atoms with Crippen molar-refractivity contribution in [2.45, 2.75) is 25.3 Å². The van der Waals surface area contributed by atoms with Gasteiger partial charge in [0.1, 0.15) is 0 Å². The molecule has 29 heavy (non-hydrogen) atoms. The van der Waals surface area contributed by atoms with Gasteiger partial charge in [-0.05, 0) is 42.2 Å². The Hall–Kier alpha value is -2.77. The highest BCUT2D eigenvalue weighted by molar-refractivity contribution is 7.15. The standard InChI is InChI=1S/C21H19ClN4O2S/c22-17-5-2-1-4-15(17)12-16-13-24-21(29-16)25-19(27)20(28)26-11-3-6-18(26)14-7-9-23-10-8-14/h1-2,4-5,7-10,13,18H,3,6,11-12H2,(H,24,25,27)/t18-/m0/s1. The number of pyridine rings is 1. The van der Waals surface area contributed by atoms with Gasteiger partial charge in [-0.2, -0.15) is 0 Å². The van der Waals surface area contributed by atoms with Gasteiger partial charge in [0.05, 0.1) is 6.04 Å². The number of hydrogen-bond acceptors (Lipinski definition) is 5. The lowest BCUT2D eigenvalue weighted by atomic mass is 10.1. The maximum absolute atomic E-state index is 12.7. The molecule has 0 aliphatic carbocycles. The van der Waals surface area contributed by atoms with Crippen molar-refractivity contribution in [3.8, 4) is 0 Å². The van der Waals surface area contributed by atoms with E-state index in [2.05, 4.69) is 15.3 Å². The molecule has 2 amide bonds. The number of nitrogens with one attached hydrogen (secondary N) is 1. The average Bonchev–Trinajstić information content (AvgIpc) is 3.39. The van der Waals surface area contributed by atoms with Gasteiger partial charge in [0.25, 0.3) is 0 Å². The summed E-state index contributed by atoms with van der Waals surface area (Å²) in [5, 5.41) is 3.74. The third-order valence-electron chi connectivity index (χ3n) is 4.90. The number of thiazole rings is 1. The summed E-state index contributed by atoms with van der Waals surface area (Å²) in [5.74, 6) is -1.20. The minimum Gasteiger partial charge on any atom is -0.327 e. The van der Waals surface area contributed by atoms with Gasteiger partial charge in [-0.25, -0.2) is 4.98 Å². The molecule has 0 spiro atoms. The molecule has 1 N–H and O–H groups in total. The number of benzene rings is 1. The SMILES string of the molecule is O=C(Nc1ncc(Cc2ccccc2Cl)s1)C(=O)N1CCC[C@H]1c1ccncc1. The summed E-state index contributed by atoms with van der Waals surface area (Å²) in [6.45, 7) is 0.564. The zero-order valence-corrected chi connectivity index (χ0v) is 17.1. The van der Waals surface area contributed by atoms with Crippen LogP contribution in [0.5, 0.6) is 0 Å². The van der Waals surface area contributed by atoms with Gasteiger partial charge in [0, 0.05) is 41.5 Å². The van der Waals surface area contributed by atoms with E-state index in [-0.39, 0.29) is 6.04 Å². The third kappa shape index (κ3) is 4.46. The largest absolute Gasteiger partial charge is 0.327 e. The van der Waals surface area contributed by atoms with E-state index in [9.17, 15) is 9.59 Å². The van der Waals surface area contributed by atoms with Crippen LogP contribution < -0.4 is 5.32 Å². The van der Waals surface area contributed by atoms with Crippen LogP contribution in [0.15, 0.2) is 55.0 Å². The number of halogens is 1. The summed E-state index contributed by atoms with van der Waals surface area (Å²) in [4.78, 5) is 36.1. The summed E-state index contributed by atoms with van der Waals surface area (Å²) in [6.07, 6.45) is 7.42. The topological polar surface area (TPSA) is 75.2 Å². The first-order valence-corrected chi connectivity index (χ1v) is 10.5. The predicted molar refractivity (Wildman–Crippen MR) is 113 cm³/mol. The fourth-order valence-corrected chi connectivity index (χ4v) is 4.53. The highest BCUT2D eigenvalue weighted by Gasteiger charge is 2.33. The molecule has 1 aromatic carbocycles. The van der Waals surface area contributed by atoms with E-state index in [4.69, 9.17) is 11.6 Å². The number of rotatable bonds is 4. The number of nitrogens with zero attached hydrogens (tertiary/aromatic N) is 3. The molecule has 3 heterocycles. The van der Waals surface area contributed by atoms with Crippen LogP contribution in [0, 0.1) is 0 Å². The Morgan fingerprint density at radius 2 is 2.00 bits per heavy atom. The van der Waals surface area contributed by atoms with Gasteiger partial charge in [0.15, 0.2) is 5.13 Å². The van der Waals surface area contributed by atoms with Crippen molar-refractivity contribution in [2.75, 3.05) is 11.9 Å². The van der Waals surface area contributed by atoms with Crippen LogP contribution >= 0.6 is 22.9 Å². The molecule has 0 bridgehead atoms. The van der Waals surface area contributed by atoms with Gasteiger partial charge in [-0.1, -0.05) is 29.8 Å². The molecule has 2 aromatic heterocycles. The third-order valence-corrected chi connectivity index (χ3v) is 6.18. The normalized spacial score (nSPS) is 16.0. The number of anilines is 1. The number of carbonyl (C=O) groups is 2. The molecule has 1 atom stereocenters. The maximum Gasteiger partial charge on any atom is 0.315 e. The zero-order chi connectivity index (χ0) is 20.2. The van der Waals surface area contributed by atoms with E-state index in [1.165, 1.54) is 11.3 Å². The van der Waals surface area contributed by atoms with Crippen molar-refractivity contribution in [3.05, 3.63) is 76.0 Å². The second-order valence-electron chi connectivity index (χ2n) is 6.79. The Morgan fingerprint density at radius 3 is 2.79 bits per heavy atom. The monoisotopic (exact) mass is 426 g/mol. The van der Waals surface area contributed by atoms with E-state index in [0.29, 0.717) is 23.1 Å². The van der Waals surface area contributed by atoms with Crippen molar-refractivity contribution in [2.24, 2.45) is 0 Å². The van der Waals surface area contributed by atoms with Gasteiger partial charge >= 0.3 is 11.8 Å². The molecule has 3 aromatic rings. The van der Waals surface area contributed by atoms with Crippen molar-refractivity contribution in [3.63, 3.8) is 0 Å². The van der Waals surface area contributed by atoms with Gasteiger partial charge in [-0.15, -0.1) is 11.3 Å². The Kier molecular flexibility index (Phi) is 5.87. The Morgan fingerprint density at radius 1 is 1.21 bits per heavy atom. The van der Waals surface area contributed by atoms with Crippen molar-refractivity contribution in [1.82, 2.24) is 14.9 Å². The van der Waals surface area contributed by atoms with Crippen LogP contribution in [0.3, 0.4) is 0 Å². The molecule has 1 aliphatic heterocycles. The van der Waals surface area contributed by atoms with E-state index in [1.54, 1.807) is 23.5 Å². The molecule has 148 valence electrons. The molecule has 1 aliphatic rings. The second-order valence-corrected chi connectivity index (χ2v) is 8.31. The van der Waals surface area contributed by atoms with E-state index < -0.39 is 11.8 Å². The Labute approximate surface area is 177 Å². The summed E-state index contributed by atoms with van der Waals surface area (Å²) in [7, 11) is 0.